The van der Waals surface area contributed by atoms with Crippen molar-refractivity contribution in [3.63, 3.8) is 0 Å². The number of benzene rings is 1. The second-order valence-electron chi connectivity index (χ2n) is 4.78. The van der Waals surface area contributed by atoms with Crippen molar-refractivity contribution in [3.8, 4) is 0 Å². The van der Waals surface area contributed by atoms with Crippen molar-refractivity contribution in [2.75, 3.05) is 28.3 Å². The van der Waals surface area contributed by atoms with Gasteiger partial charge < -0.3 is 9.04 Å². The summed E-state index contributed by atoms with van der Waals surface area (Å²) >= 11 is 0. The molecule has 1 aromatic rings. The normalized spacial score (nSPS) is 13.1. The Balaban J connectivity index is 0.000000459. The summed E-state index contributed by atoms with van der Waals surface area (Å²) in [6, 6.07) is 10.9. The zero-order valence-electron chi connectivity index (χ0n) is 11.7. The standard InChI is InChI=1S/C12H18N.CH4O4S/c1-5-12(13(2,3)4)11-9-7-6-8-10-11;1-5-6(2,3)4/h5-10,12H,1H2,2-4H3;1H3,(H,2,3,4)/q+1;/p-1. The molecule has 5 nitrogen and oxygen atoms in total. The minimum absolute atomic E-state index is 0.376. The lowest BCUT2D eigenvalue weighted by Gasteiger charge is -2.32. The molecule has 0 aromatic heterocycles. The van der Waals surface area contributed by atoms with Crippen LogP contribution in [0, 0.1) is 0 Å². The first-order valence-electron chi connectivity index (χ1n) is 5.62. The van der Waals surface area contributed by atoms with Crippen molar-refractivity contribution < 1.29 is 21.6 Å². The Morgan fingerprint density at radius 3 is 1.95 bits per heavy atom. The smallest absolute Gasteiger partial charge is 0.217 e. The van der Waals surface area contributed by atoms with E-state index in [-0.39, 0.29) is 0 Å². The highest BCUT2D eigenvalue weighted by molar-refractivity contribution is 7.80. The van der Waals surface area contributed by atoms with Gasteiger partial charge in [-0.15, -0.1) is 0 Å². The van der Waals surface area contributed by atoms with Crippen molar-refractivity contribution in [3.05, 3.63) is 48.6 Å². The molecule has 0 heterocycles. The van der Waals surface area contributed by atoms with Crippen molar-refractivity contribution in [2.45, 2.75) is 6.04 Å². The van der Waals surface area contributed by atoms with E-state index in [1.54, 1.807) is 0 Å². The molecule has 0 aliphatic carbocycles. The molecule has 19 heavy (non-hydrogen) atoms. The first-order valence-corrected chi connectivity index (χ1v) is 6.95. The van der Waals surface area contributed by atoms with Crippen LogP contribution < -0.4 is 0 Å². The van der Waals surface area contributed by atoms with E-state index < -0.39 is 10.4 Å². The second-order valence-corrected chi connectivity index (χ2v) is 5.93. The minimum atomic E-state index is -4.41. The van der Waals surface area contributed by atoms with Crippen LogP contribution in [0.25, 0.3) is 0 Å². The molecule has 0 N–H and O–H groups in total. The molecular formula is C13H21NO4S. The van der Waals surface area contributed by atoms with E-state index in [0.717, 1.165) is 11.6 Å². The van der Waals surface area contributed by atoms with E-state index in [4.69, 9.17) is 0 Å². The molecule has 1 unspecified atom stereocenters. The minimum Gasteiger partial charge on any atom is -0.726 e. The summed E-state index contributed by atoms with van der Waals surface area (Å²) in [5.41, 5.74) is 1.32. The quantitative estimate of drug-likeness (QED) is 0.366. The van der Waals surface area contributed by atoms with Gasteiger partial charge in [-0.05, 0) is 6.08 Å². The van der Waals surface area contributed by atoms with Crippen LogP contribution in [-0.4, -0.2) is 45.7 Å². The summed E-state index contributed by atoms with van der Waals surface area (Å²) in [5, 5.41) is 0. The molecular weight excluding hydrogens is 266 g/mol. The van der Waals surface area contributed by atoms with Crippen molar-refractivity contribution >= 4 is 10.4 Å². The molecule has 0 saturated carbocycles. The summed E-state index contributed by atoms with van der Waals surface area (Å²) in [6.45, 7) is 3.89. The number of nitrogens with zero attached hydrogens (tertiary/aromatic N) is 1. The fourth-order valence-corrected chi connectivity index (χ4v) is 1.55. The molecule has 0 fully saturated rings. The predicted molar refractivity (Wildman–Crippen MR) is 74.1 cm³/mol. The summed E-state index contributed by atoms with van der Waals surface area (Å²) in [7, 11) is 2.94. The lowest BCUT2D eigenvalue weighted by atomic mass is 10.1. The Morgan fingerprint density at radius 2 is 1.68 bits per heavy atom. The van der Waals surface area contributed by atoms with Crippen molar-refractivity contribution in [1.29, 1.82) is 0 Å². The molecule has 0 radical (unpaired) electrons. The van der Waals surface area contributed by atoms with Crippen LogP contribution in [0.2, 0.25) is 0 Å². The van der Waals surface area contributed by atoms with E-state index in [2.05, 4.69) is 56.2 Å². The Labute approximate surface area is 115 Å². The average Bonchev–Trinajstić information content (AvgIpc) is 2.29. The number of quaternary nitrogens is 1. The Morgan fingerprint density at radius 1 is 1.26 bits per heavy atom. The zero-order chi connectivity index (χ0) is 15.1. The first kappa shape index (κ1) is 17.8. The highest BCUT2D eigenvalue weighted by Gasteiger charge is 2.21. The molecule has 108 valence electrons. The highest BCUT2D eigenvalue weighted by atomic mass is 32.3. The number of likely N-dealkylation sites (N-methyl/N-ethyl adjacent to an activating group) is 1. The molecule has 0 aliphatic heterocycles. The van der Waals surface area contributed by atoms with Gasteiger partial charge in [0.1, 0.15) is 6.04 Å². The molecule has 0 spiro atoms. The fourth-order valence-electron chi connectivity index (χ4n) is 1.55. The third-order valence-corrected chi connectivity index (χ3v) is 2.81. The first-order chi connectivity index (χ1) is 8.61. The van der Waals surface area contributed by atoms with Crippen LogP contribution >= 0.6 is 0 Å². The molecule has 0 saturated heterocycles. The molecule has 0 amide bonds. The third-order valence-electron chi connectivity index (χ3n) is 2.40. The van der Waals surface area contributed by atoms with Crippen LogP contribution in [0.5, 0.6) is 0 Å². The lowest BCUT2D eigenvalue weighted by molar-refractivity contribution is -0.895. The van der Waals surface area contributed by atoms with Gasteiger partial charge in [0.05, 0.1) is 28.3 Å². The van der Waals surface area contributed by atoms with Gasteiger partial charge in [0.15, 0.2) is 0 Å². The highest BCUT2D eigenvalue weighted by Crippen LogP contribution is 2.23. The Hall–Kier alpha value is -1.21. The molecule has 1 atom stereocenters. The van der Waals surface area contributed by atoms with Gasteiger partial charge in [-0.1, -0.05) is 36.9 Å². The van der Waals surface area contributed by atoms with Crippen molar-refractivity contribution in [1.82, 2.24) is 0 Å². The van der Waals surface area contributed by atoms with Crippen LogP contribution in [0.15, 0.2) is 43.0 Å². The van der Waals surface area contributed by atoms with Crippen LogP contribution in [-0.2, 0) is 14.6 Å². The van der Waals surface area contributed by atoms with E-state index in [9.17, 15) is 13.0 Å². The molecule has 6 heteroatoms. The van der Waals surface area contributed by atoms with Gasteiger partial charge in [0, 0.05) is 5.56 Å². The maximum Gasteiger partial charge on any atom is 0.217 e. The monoisotopic (exact) mass is 287 g/mol. The van der Waals surface area contributed by atoms with Gasteiger partial charge >= 0.3 is 0 Å². The predicted octanol–water partition coefficient (Wildman–Crippen LogP) is 1.71. The van der Waals surface area contributed by atoms with Gasteiger partial charge in [-0.25, -0.2) is 8.42 Å². The maximum atomic E-state index is 9.22. The van der Waals surface area contributed by atoms with E-state index >= 15 is 0 Å². The Bertz CT molecular complexity index is 477. The molecule has 1 rings (SSSR count). The third kappa shape index (κ3) is 7.74. The fraction of sp³-hybridized carbons (Fsp3) is 0.385. The lowest BCUT2D eigenvalue weighted by Crippen LogP contribution is -2.37. The van der Waals surface area contributed by atoms with Gasteiger partial charge in [-0.2, -0.15) is 0 Å². The summed E-state index contributed by atoms with van der Waals surface area (Å²) in [5.74, 6) is 0. The Kier molecular flexibility index (Phi) is 6.93. The summed E-state index contributed by atoms with van der Waals surface area (Å²) in [4.78, 5) is 0. The van der Waals surface area contributed by atoms with E-state index in [1.165, 1.54) is 5.56 Å². The van der Waals surface area contributed by atoms with Crippen LogP contribution in [0.1, 0.15) is 11.6 Å². The molecule has 0 bridgehead atoms. The molecule has 1 aromatic carbocycles. The number of hydrogen-bond acceptors (Lipinski definition) is 4. The average molecular weight is 287 g/mol. The number of rotatable bonds is 4. The second kappa shape index (κ2) is 7.40. The maximum absolute atomic E-state index is 9.22. The summed E-state index contributed by atoms with van der Waals surface area (Å²) in [6.07, 6.45) is 2.01. The zero-order valence-corrected chi connectivity index (χ0v) is 12.6. The van der Waals surface area contributed by atoms with Gasteiger partial charge in [0.2, 0.25) is 10.4 Å². The van der Waals surface area contributed by atoms with Gasteiger partial charge in [0.25, 0.3) is 0 Å². The number of hydrogen-bond donors (Lipinski definition) is 0. The van der Waals surface area contributed by atoms with Crippen molar-refractivity contribution in [2.24, 2.45) is 0 Å². The molecule has 0 aliphatic rings. The summed E-state index contributed by atoms with van der Waals surface area (Å²) < 4.78 is 31.9. The van der Waals surface area contributed by atoms with E-state index in [0.29, 0.717) is 6.04 Å². The van der Waals surface area contributed by atoms with Crippen LogP contribution in [0.4, 0.5) is 0 Å². The van der Waals surface area contributed by atoms with Gasteiger partial charge in [-0.3, -0.25) is 4.18 Å². The van der Waals surface area contributed by atoms with E-state index in [1.807, 2.05) is 12.1 Å². The SMILES string of the molecule is C=CC(c1ccccc1)[N+](C)(C)C.COS(=O)(=O)[O-]. The van der Waals surface area contributed by atoms with Crippen LogP contribution in [0.3, 0.4) is 0 Å². The topological polar surface area (TPSA) is 66.4 Å². The largest absolute Gasteiger partial charge is 0.726 e.